The van der Waals surface area contributed by atoms with E-state index >= 15 is 0 Å². The average Bonchev–Trinajstić information content (AvgIpc) is 3.65. The summed E-state index contributed by atoms with van der Waals surface area (Å²) in [6.07, 6.45) is 7.91. The van der Waals surface area contributed by atoms with Crippen molar-refractivity contribution in [1.82, 2.24) is 19.1 Å². The van der Waals surface area contributed by atoms with Crippen molar-refractivity contribution in [3.05, 3.63) is 108 Å². The standard InChI is InChI=1S/C35H36FN5O3S/c1-23-37-19-20-40(23)27-14-10-26(11-15-27)39-32(42)35(17-6-18-35)45-33-38-22-31(41(33)28-12-8-25(36)9-13-28)34(2,3)24-7-16-29(43-4)30(21-24)44-5/h7-16,19-22H,6,17-18H2,1-5H3,(H,39,42). The normalized spacial score (nSPS) is 14.1. The van der Waals surface area contributed by atoms with Crippen LogP contribution in [0.15, 0.2) is 90.5 Å². The Kier molecular flexibility index (Phi) is 8.18. The van der Waals surface area contributed by atoms with Gasteiger partial charge in [-0.05, 0) is 92.4 Å². The predicted molar refractivity (Wildman–Crippen MR) is 175 cm³/mol. The fourth-order valence-electron chi connectivity index (χ4n) is 5.71. The maximum atomic E-state index is 14.0. The number of anilines is 1. The maximum Gasteiger partial charge on any atom is 0.241 e. The number of benzene rings is 3. The quantitative estimate of drug-likeness (QED) is 0.173. The van der Waals surface area contributed by atoms with E-state index in [1.54, 1.807) is 32.5 Å². The van der Waals surface area contributed by atoms with Crippen LogP contribution in [0.25, 0.3) is 11.4 Å². The summed E-state index contributed by atoms with van der Waals surface area (Å²) in [5, 5.41) is 3.82. The van der Waals surface area contributed by atoms with Crippen LogP contribution in [0, 0.1) is 12.7 Å². The third-order valence-corrected chi connectivity index (χ3v) is 10.1. The molecule has 1 amide bonds. The first kappa shape index (κ1) is 30.5. The lowest BCUT2D eigenvalue weighted by Crippen LogP contribution is -2.46. The highest BCUT2D eigenvalue weighted by Gasteiger charge is 2.47. The van der Waals surface area contributed by atoms with Gasteiger partial charge in [0.25, 0.3) is 0 Å². The van der Waals surface area contributed by atoms with Crippen LogP contribution in [0.4, 0.5) is 10.1 Å². The third kappa shape index (κ3) is 5.70. The number of methoxy groups -OCH3 is 2. The van der Waals surface area contributed by atoms with Gasteiger partial charge in [0.15, 0.2) is 16.7 Å². The predicted octanol–water partition coefficient (Wildman–Crippen LogP) is 7.50. The molecule has 3 aromatic carbocycles. The monoisotopic (exact) mass is 625 g/mol. The van der Waals surface area contributed by atoms with Crippen LogP contribution < -0.4 is 14.8 Å². The van der Waals surface area contributed by atoms with E-state index in [0.29, 0.717) is 16.7 Å². The number of thioether (sulfide) groups is 1. The van der Waals surface area contributed by atoms with E-state index in [1.165, 1.54) is 23.9 Å². The summed E-state index contributed by atoms with van der Waals surface area (Å²) >= 11 is 1.47. The van der Waals surface area contributed by atoms with Gasteiger partial charge in [0.1, 0.15) is 16.4 Å². The molecule has 0 atom stereocenters. The van der Waals surface area contributed by atoms with Gasteiger partial charge in [0, 0.05) is 34.9 Å². The number of carbonyl (C=O) groups is 1. The van der Waals surface area contributed by atoms with Crippen LogP contribution >= 0.6 is 11.8 Å². The van der Waals surface area contributed by atoms with Crippen LogP contribution in [0.5, 0.6) is 11.5 Å². The molecule has 0 saturated heterocycles. The first-order valence-corrected chi connectivity index (χ1v) is 15.6. The second-order valence-electron chi connectivity index (χ2n) is 11.7. The minimum atomic E-state index is -0.687. The van der Waals surface area contributed by atoms with Crippen molar-refractivity contribution in [2.45, 2.75) is 55.4 Å². The molecule has 1 aliphatic rings. The summed E-state index contributed by atoms with van der Waals surface area (Å²) < 4.78 is 28.4. The molecule has 8 nitrogen and oxygen atoms in total. The lowest BCUT2D eigenvalue weighted by atomic mass is 9.81. The molecule has 2 heterocycles. The highest BCUT2D eigenvalue weighted by atomic mass is 32.2. The average molecular weight is 626 g/mol. The van der Waals surface area contributed by atoms with Crippen LogP contribution in [-0.4, -0.2) is 44.0 Å². The molecule has 2 aromatic heterocycles. The van der Waals surface area contributed by atoms with E-state index in [1.807, 2.05) is 70.9 Å². The molecule has 1 aliphatic carbocycles. The summed E-state index contributed by atoms with van der Waals surface area (Å²) in [5.74, 6) is 1.79. The molecule has 1 fully saturated rings. The second-order valence-corrected chi connectivity index (χ2v) is 13.1. The van der Waals surface area contributed by atoms with Crippen LogP contribution in [0.1, 0.15) is 50.2 Å². The number of amides is 1. The van der Waals surface area contributed by atoms with E-state index in [4.69, 9.17) is 14.5 Å². The third-order valence-electron chi connectivity index (χ3n) is 8.65. The van der Waals surface area contributed by atoms with Gasteiger partial charge in [-0.15, -0.1) is 0 Å². The Morgan fingerprint density at radius 2 is 1.64 bits per heavy atom. The number of nitrogens with zero attached hydrogens (tertiary/aromatic N) is 4. The Morgan fingerprint density at radius 1 is 0.956 bits per heavy atom. The van der Waals surface area contributed by atoms with Crippen molar-refractivity contribution in [3.8, 4) is 22.9 Å². The van der Waals surface area contributed by atoms with E-state index in [0.717, 1.165) is 53.4 Å². The van der Waals surface area contributed by atoms with Crippen molar-refractivity contribution in [1.29, 1.82) is 0 Å². The number of ether oxygens (including phenoxy) is 2. The van der Waals surface area contributed by atoms with Crippen molar-refractivity contribution in [3.63, 3.8) is 0 Å². The second kappa shape index (κ2) is 12.1. The lowest BCUT2D eigenvalue weighted by molar-refractivity contribution is -0.120. The number of aryl methyl sites for hydroxylation is 1. The van der Waals surface area contributed by atoms with Gasteiger partial charge in [0.2, 0.25) is 5.91 Å². The van der Waals surface area contributed by atoms with Gasteiger partial charge in [-0.25, -0.2) is 14.4 Å². The molecule has 5 aromatic rings. The van der Waals surface area contributed by atoms with Gasteiger partial charge < -0.3 is 19.4 Å². The zero-order valence-electron chi connectivity index (χ0n) is 26.0. The number of nitrogens with one attached hydrogen (secondary N) is 1. The SMILES string of the molecule is COc1ccc(C(C)(C)c2cnc(SC3(C(=O)Nc4ccc(-n5ccnc5C)cc4)CCC3)n2-c2ccc(F)cc2)cc1OC. The Labute approximate surface area is 266 Å². The highest BCUT2D eigenvalue weighted by Crippen LogP contribution is 2.49. The molecular formula is C35H36FN5O3S. The first-order chi connectivity index (χ1) is 21.6. The Hall–Kier alpha value is -4.57. The summed E-state index contributed by atoms with van der Waals surface area (Å²) in [7, 11) is 3.23. The molecule has 0 unspecified atom stereocenters. The topological polar surface area (TPSA) is 83.2 Å². The fourth-order valence-corrected chi connectivity index (χ4v) is 7.10. The number of carbonyl (C=O) groups excluding carboxylic acids is 1. The Balaban J connectivity index is 1.33. The largest absolute Gasteiger partial charge is 0.493 e. The van der Waals surface area contributed by atoms with E-state index in [9.17, 15) is 9.18 Å². The highest BCUT2D eigenvalue weighted by molar-refractivity contribution is 8.01. The van der Waals surface area contributed by atoms with Crippen LogP contribution in [0.3, 0.4) is 0 Å². The Morgan fingerprint density at radius 3 is 2.24 bits per heavy atom. The molecule has 0 bridgehead atoms. The van der Waals surface area contributed by atoms with E-state index < -0.39 is 10.2 Å². The number of rotatable bonds is 10. The number of hydrogen-bond donors (Lipinski definition) is 1. The summed E-state index contributed by atoms with van der Waals surface area (Å²) in [6, 6.07) is 20.0. The van der Waals surface area contributed by atoms with E-state index in [-0.39, 0.29) is 11.7 Å². The molecule has 0 aliphatic heterocycles. The van der Waals surface area contributed by atoms with Crippen molar-refractivity contribution in [2.24, 2.45) is 0 Å². The van der Waals surface area contributed by atoms with Crippen molar-refractivity contribution < 1.29 is 18.7 Å². The first-order valence-electron chi connectivity index (χ1n) is 14.8. The molecule has 1 saturated carbocycles. The molecule has 45 heavy (non-hydrogen) atoms. The smallest absolute Gasteiger partial charge is 0.241 e. The Bertz CT molecular complexity index is 1830. The summed E-state index contributed by atoms with van der Waals surface area (Å²) in [6.45, 7) is 6.17. The number of imidazole rings is 2. The molecule has 1 N–H and O–H groups in total. The molecule has 6 rings (SSSR count). The van der Waals surface area contributed by atoms with Gasteiger partial charge in [-0.3, -0.25) is 9.36 Å². The molecular weight excluding hydrogens is 589 g/mol. The van der Waals surface area contributed by atoms with Gasteiger partial charge in [0.05, 0.1) is 26.1 Å². The molecule has 10 heteroatoms. The summed E-state index contributed by atoms with van der Waals surface area (Å²) in [4.78, 5) is 23.0. The molecule has 0 radical (unpaired) electrons. The van der Waals surface area contributed by atoms with Crippen LogP contribution in [0.2, 0.25) is 0 Å². The minimum absolute atomic E-state index is 0.0559. The van der Waals surface area contributed by atoms with E-state index in [2.05, 4.69) is 24.1 Å². The number of aromatic nitrogens is 4. The van der Waals surface area contributed by atoms with Gasteiger partial charge in [-0.2, -0.15) is 0 Å². The number of halogens is 1. The number of hydrogen-bond acceptors (Lipinski definition) is 6. The van der Waals surface area contributed by atoms with Gasteiger partial charge in [-0.1, -0.05) is 31.7 Å². The molecule has 232 valence electrons. The van der Waals surface area contributed by atoms with Crippen LogP contribution in [-0.2, 0) is 10.2 Å². The fraction of sp³-hybridized carbons (Fsp3) is 0.286. The zero-order valence-corrected chi connectivity index (χ0v) is 26.8. The van der Waals surface area contributed by atoms with Crippen molar-refractivity contribution >= 4 is 23.4 Å². The summed E-state index contributed by atoms with van der Waals surface area (Å²) in [5.41, 5.74) is 3.81. The van der Waals surface area contributed by atoms with Gasteiger partial charge >= 0.3 is 0 Å². The maximum absolute atomic E-state index is 14.0. The zero-order chi connectivity index (χ0) is 31.8. The molecule has 0 spiro atoms. The lowest BCUT2D eigenvalue weighted by Gasteiger charge is -2.39. The minimum Gasteiger partial charge on any atom is -0.493 e. The van der Waals surface area contributed by atoms with Crippen molar-refractivity contribution in [2.75, 3.05) is 19.5 Å².